The summed E-state index contributed by atoms with van der Waals surface area (Å²) >= 11 is 0. The van der Waals surface area contributed by atoms with Gasteiger partial charge in [-0.2, -0.15) is 8.42 Å². The molecule has 0 radical (unpaired) electrons. The summed E-state index contributed by atoms with van der Waals surface area (Å²) in [5.74, 6) is -0.141. The molecule has 0 unspecified atom stereocenters. The summed E-state index contributed by atoms with van der Waals surface area (Å²) in [5.41, 5.74) is 6.56. The van der Waals surface area contributed by atoms with Crippen LogP contribution in [0.3, 0.4) is 0 Å². The van der Waals surface area contributed by atoms with E-state index in [0.717, 1.165) is 6.54 Å². The number of rotatable bonds is 10. The van der Waals surface area contributed by atoms with Crippen molar-refractivity contribution < 1.29 is 13.0 Å². The highest BCUT2D eigenvalue weighted by molar-refractivity contribution is 7.85. The Bertz CT molecular complexity index is 326. The van der Waals surface area contributed by atoms with Gasteiger partial charge < -0.3 is 5.73 Å². The van der Waals surface area contributed by atoms with E-state index in [9.17, 15) is 8.42 Å². The van der Waals surface area contributed by atoms with E-state index in [0.29, 0.717) is 0 Å². The van der Waals surface area contributed by atoms with E-state index in [1.165, 1.54) is 56.9 Å². The van der Waals surface area contributed by atoms with Crippen LogP contribution >= 0.6 is 0 Å². The molecule has 4 nitrogen and oxygen atoms in total. The molecule has 0 aliphatic heterocycles. The van der Waals surface area contributed by atoms with Gasteiger partial charge in [-0.1, -0.05) is 71.3 Å². The van der Waals surface area contributed by atoms with Gasteiger partial charge in [0.25, 0.3) is 10.1 Å². The topological polar surface area (TPSA) is 80.4 Å². The van der Waals surface area contributed by atoms with Crippen molar-refractivity contribution in [1.29, 1.82) is 0 Å². The fourth-order valence-corrected chi connectivity index (χ4v) is 2.54. The quantitative estimate of drug-likeness (QED) is 0.322. The second kappa shape index (κ2) is 19.7. The Kier molecular flexibility index (Phi) is 23.5. The zero-order chi connectivity index (χ0) is 18.7. The molecule has 0 saturated heterocycles. The number of hydrogen-bond acceptors (Lipinski definition) is 3. The molecule has 142 valence electrons. The van der Waals surface area contributed by atoms with E-state index in [4.69, 9.17) is 10.3 Å². The van der Waals surface area contributed by atoms with Gasteiger partial charge in [-0.05, 0) is 32.7 Å². The van der Waals surface area contributed by atoms with Crippen LogP contribution in [0.4, 0.5) is 0 Å². The molecule has 3 N–H and O–H groups in total. The Morgan fingerprint density at radius 2 is 1.35 bits per heavy atom. The Hall–Kier alpha value is -0.390. The lowest BCUT2D eigenvalue weighted by molar-refractivity contribution is 0.473. The minimum Gasteiger partial charge on any atom is -0.330 e. The molecule has 0 aromatic rings. The molecule has 0 aromatic heterocycles. The van der Waals surface area contributed by atoms with E-state index in [1.54, 1.807) is 13.8 Å². The monoisotopic (exact) mass is 351 g/mol. The van der Waals surface area contributed by atoms with Crippen LogP contribution in [0.25, 0.3) is 0 Å². The maximum atomic E-state index is 10.00. The van der Waals surface area contributed by atoms with Crippen LogP contribution in [-0.2, 0) is 10.1 Å². The van der Waals surface area contributed by atoms with Gasteiger partial charge >= 0.3 is 0 Å². The molecular formula is C18H41NO3S. The maximum Gasteiger partial charge on any atom is 0.265 e. The van der Waals surface area contributed by atoms with E-state index in [2.05, 4.69) is 13.5 Å². The summed E-state index contributed by atoms with van der Waals surface area (Å²) in [6, 6.07) is 0. The third-order valence-corrected chi connectivity index (χ3v) is 3.69. The first kappa shape index (κ1) is 27.5. The molecule has 0 atom stereocenters. The highest BCUT2D eigenvalue weighted by atomic mass is 32.2. The van der Waals surface area contributed by atoms with E-state index in [1.807, 2.05) is 13.8 Å². The molecule has 0 heterocycles. The highest BCUT2D eigenvalue weighted by Crippen LogP contribution is 2.07. The van der Waals surface area contributed by atoms with Gasteiger partial charge in [-0.3, -0.25) is 4.55 Å². The van der Waals surface area contributed by atoms with Crippen LogP contribution in [-0.4, -0.2) is 25.3 Å². The summed E-state index contributed by atoms with van der Waals surface area (Å²) in [5, 5.41) is 0. The van der Waals surface area contributed by atoms with Crippen LogP contribution in [0.5, 0.6) is 0 Å². The summed E-state index contributed by atoms with van der Waals surface area (Å²) in [6.07, 6.45) is 11.0. The second-order valence-corrected chi connectivity index (χ2v) is 8.11. The highest BCUT2D eigenvalue weighted by Gasteiger charge is 2.06. The Morgan fingerprint density at radius 1 is 1.00 bits per heavy atom. The second-order valence-electron chi connectivity index (χ2n) is 6.61. The lowest BCUT2D eigenvalue weighted by Gasteiger charge is -1.99. The van der Waals surface area contributed by atoms with Gasteiger partial charge in [0.05, 0.1) is 5.75 Å². The first-order valence-corrected chi connectivity index (χ1v) is 10.4. The molecule has 0 spiro atoms. The maximum absolute atomic E-state index is 10.00. The fourth-order valence-electron chi connectivity index (χ4n) is 1.70. The molecule has 0 aromatic carbocycles. The molecule has 0 saturated carbocycles. The van der Waals surface area contributed by atoms with Gasteiger partial charge in [0.2, 0.25) is 0 Å². The van der Waals surface area contributed by atoms with Crippen molar-refractivity contribution >= 4 is 10.1 Å². The average Bonchev–Trinajstić information content (AvgIpc) is 2.35. The van der Waals surface area contributed by atoms with Crippen LogP contribution in [0.1, 0.15) is 86.0 Å². The van der Waals surface area contributed by atoms with Crippen molar-refractivity contribution in [3.05, 3.63) is 12.2 Å². The zero-order valence-corrected chi connectivity index (χ0v) is 16.9. The predicted octanol–water partition coefficient (Wildman–Crippen LogP) is 5.20. The molecule has 0 aliphatic rings. The predicted molar refractivity (Wildman–Crippen MR) is 103 cm³/mol. The zero-order valence-electron chi connectivity index (χ0n) is 16.1. The van der Waals surface area contributed by atoms with Crippen molar-refractivity contribution in [3.8, 4) is 0 Å². The third kappa shape index (κ3) is 52.3. The molecule has 0 bridgehead atoms. The largest absolute Gasteiger partial charge is 0.330 e. The lowest BCUT2D eigenvalue weighted by Crippen LogP contribution is -2.09. The van der Waals surface area contributed by atoms with Crippen molar-refractivity contribution in [2.45, 2.75) is 86.0 Å². The smallest absolute Gasteiger partial charge is 0.265 e. The molecule has 23 heavy (non-hydrogen) atoms. The van der Waals surface area contributed by atoms with Gasteiger partial charge in [0.1, 0.15) is 0 Å². The van der Waals surface area contributed by atoms with Crippen molar-refractivity contribution in [2.75, 3.05) is 12.3 Å². The number of nitrogens with two attached hydrogens (primary N) is 1. The molecule has 0 rings (SSSR count). The number of allylic oxidation sites excluding steroid dienone is 1. The number of hydrogen-bond donors (Lipinski definition) is 2. The number of unbranched alkanes of at least 4 members (excludes halogenated alkanes) is 7. The lowest BCUT2D eigenvalue weighted by atomic mass is 10.1. The first-order valence-electron chi connectivity index (χ1n) is 8.84. The molecule has 0 amide bonds. The average molecular weight is 352 g/mol. The minimum atomic E-state index is -3.72. The summed E-state index contributed by atoms with van der Waals surface area (Å²) < 4.78 is 28.2. The van der Waals surface area contributed by atoms with Crippen molar-refractivity contribution in [3.63, 3.8) is 0 Å². The Balaban J connectivity index is -0.000000292. The van der Waals surface area contributed by atoms with Crippen LogP contribution in [0.15, 0.2) is 12.2 Å². The fraction of sp³-hybridized carbons (Fsp3) is 0.889. The van der Waals surface area contributed by atoms with Crippen molar-refractivity contribution in [2.24, 2.45) is 11.7 Å². The van der Waals surface area contributed by atoms with E-state index in [-0.39, 0.29) is 11.7 Å². The summed E-state index contributed by atoms with van der Waals surface area (Å²) in [7, 11) is -3.72. The molecule has 5 heteroatoms. The summed E-state index contributed by atoms with van der Waals surface area (Å²) in [6.45, 7) is 14.1. The van der Waals surface area contributed by atoms with E-state index < -0.39 is 10.1 Å². The third-order valence-electron chi connectivity index (χ3n) is 2.60. The van der Waals surface area contributed by atoms with Crippen LogP contribution in [0, 0.1) is 5.92 Å². The van der Waals surface area contributed by atoms with Crippen LogP contribution in [0.2, 0.25) is 0 Å². The van der Waals surface area contributed by atoms with E-state index >= 15 is 0 Å². The van der Waals surface area contributed by atoms with Gasteiger partial charge in [-0.15, -0.1) is 6.58 Å². The normalized spacial score (nSPS) is 10.4. The van der Waals surface area contributed by atoms with Crippen LogP contribution < -0.4 is 5.73 Å². The molecular weight excluding hydrogens is 310 g/mol. The standard InChI is InChI=1S/C10H23N.C4H10O3S.C4H8/c1-2-3-4-5-6-7-8-9-10-11;1-4(2)3-8(5,6)7;1-4(2)3/h2-11H2,1H3;4H,3H2,1-2H3,(H,5,6,7);1H2,2-3H3. The minimum absolute atomic E-state index is 0.00463. The summed E-state index contributed by atoms with van der Waals surface area (Å²) in [4.78, 5) is 0. The SMILES string of the molecule is C=C(C)C.CC(C)CS(=O)(=O)O.CCCCCCCCCCN. The first-order chi connectivity index (χ1) is 10.6. The van der Waals surface area contributed by atoms with Gasteiger partial charge in [0, 0.05) is 0 Å². The Labute approximate surface area is 145 Å². The van der Waals surface area contributed by atoms with Crippen molar-refractivity contribution in [1.82, 2.24) is 0 Å². The molecule has 0 fully saturated rings. The van der Waals surface area contributed by atoms with Gasteiger partial charge in [-0.25, -0.2) is 0 Å². The Morgan fingerprint density at radius 3 is 1.57 bits per heavy atom. The molecule has 0 aliphatic carbocycles. The van der Waals surface area contributed by atoms with Gasteiger partial charge in [0.15, 0.2) is 0 Å².